The Morgan fingerprint density at radius 3 is 1.82 bits per heavy atom. The summed E-state index contributed by atoms with van der Waals surface area (Å²) < 4.78 is 30.1. The summed E-state index contributed by atoms with van der Waals surface area (Å²) in [6.45, 7) is 4.38. The number of hydrogen-bond donors (Lipinski definition) is 2. The number of nitrogens with two attached hydrogens (primary N) is 1. The lowest BCUT2D eigenvalue weighted by Gasteiger charge is -2.05. The lowest BCUT2D eigenvalue weighted by atomic mass is 10.2. The van der Waals surface area contributed by atoms with Gasteiger partial charge in [-0.1, -0.05) is 36.4 Å². The zero-order valence-corrected chi connectivity index (χ0v) is 18.3. The van der Waals surface area contributed by atoms with E-state index in [4.69, 9.17) is 16.4 Å². The highest BCUT2D eigenvalue weighted by atomic mass is 19.1. The standard InChI is InChI=1S/C12H13FN4.C12H10FN3/c1-8-6-11(12(14)15)16-17(8)7-9-4-2-3-5-10(9)13;1-9-6-11(7-14)15-16(9)8-10-4-2-3-5-12(10)13/h2-6H,7H2,1H3,(H3,14,15);2-6H,8H2,1H3. The van der Waals surface area contributed by atoms with Gasteiger partial charge in [0.15, 0.2) is 5.69 Å². The number of benzene rings is 2. The number of aryl methyl sites for hydroxylation is 2. The third-order valence-electron chi connectivity index (χ3n) is 4.91. The number of nitrogen functional groups attached to an aromatic ring is 1. The number of amidine groups is 1. The molecule has 0 unspecified atom stereocenters. The zero-order chi connectivity index (χ0) is 24.0. The van der Waals surface area contributed by atoms with Crippen LogP contribution in [0, 0.1) is 42.2 Å². The molecule has 0 saturated carbocycles. The summed E-state index contributed by atoms with van der Waals surface area (Å²) >= 11 is 0. The number of halogens is 2. The Hall–Kier alpha value is -4.32. The fourth-order valence-electron chi connectivity index (χ4n) is 3.10. The molecule has 2 aromatic carbocycles. The molecule has 0 saturated heterocycles. The molecule has 33 heavy (non-hydrogen) atoms. The van der Waals surface area contributed by atoms with Crippen molar-refractivity contribution in [2.45, 2.75) is 26.9 Å². The summed E-state index contributed by atoms with van der Waals surface area (Å²) in [6.07, 6.45) is 0. The molecule has 0 fully saturated rings. The molecular formula is C24H23F2N7. The van der Waals surface area contributed by atoms with Crippen LogP contribution in [0.25, 0.3) is 0 Å². The van der Waals surface area contributed by atoms with Gasteiger partial charge < -0.3 is 5.73 Å². The Labute approximate surface area is 190 Å². The van der Waals surface area contributed by atoms with E-state index in [-0.39, 0.29) is 17.5 Å². The lowest BCUT2D eigenvalue weighted by molar-refractivity contribution is 0.579. The molecule has 2 aromatic heterocycles. The maximum Gasteiger partial charge on any atom is 0.162 e. The van der Waals surface area contributed by atoms with E-state index in [1.807, 2.05) is 19.9 Å². The number of nitrogens with one attached hydrogen (secondary N) is 1. The van der Waals surface area contributed by atoms with Gasteiger partial charge in [0.2, 0.25) is 0 Å². The predicted octanol–water partition coefficient (Wildman–Crippen LogP) is 3.91. The minimum absolute atomic E-state index is 0.0830. The highest BCUT2D eigenvalue weighted by Crippen LogP contribution is 2.12. The number of rotatable bonds is 5. The van der Waals surface area contributed by atoms with Crippen LogP contribution >= 0.6 is 0 Å². The van der Waals surface area contributed by atoms with Crippen LogP contribution in [0.4, 0.5) is 8.78 Å². The van der Waals surface area contributed by atoms with Gasteiger partial charge in [-0.25, -0.2) is 8.78 Å². The van der Waals surface area contributed by atoms with Crippen molar-refractivity contribution >= 4 is 5.84 Å². The summed E-state index contributed by atoms with van der Waals surface area (Å²) in [4.78, 5) is 0. The molecule has 4 rings (SSSR count). The summed E-state index contributed by atoms with van der Waals surface area (Å²) in [5, 5.41) is 24.2. The second-order valence-electron chi connectivity index (χ2n) is 7.37. The van der Waals surface area contributed by atoms with E-state index in [1.54, 1.807) is 57.9 Å². The normalized spacial score (nSPS) is 10.3. The molecule has 4 aromatic rings. The summed E-state index contributed by atoms with van der Waals surface area (Å²) in [7, 11) is 0. The average Bonchev–Trinajstić information content (AvgIpc) is 3.34. The van der Waals surface area contributed by atoms with Crippen molar-refractivity contribution in [3.8, 4) is 6.07 Å². The van der Waals surface area contributed by atoms with Crippen molar-refractivity contribution in [2.24, 2.45) is 5.73 Å². The van der Waals surface area contributed by atoms with Crippen LogP contribution < -0.4 is 5.73 Å². The molecule has 0 aliphatic heterocycles. The van der Waals surface area contributed by atoms with Gasteiger partial charge in [-0.15, -0.1) is 0 Å². The van der Waals surface area contributed by atoms with E-state index in [0.717, 1.165) is 11.4 Å². The second kappa shape index (κ2) is 10.3. The molecule has 0 radical (unpaired) electrons. The monoisotopic (exact) mass is 447 g/mol. The topological polar surface area (TPSA) is 109 Å². The molecule has 3 N–H and O–H groups in total. The molecular weight excluding hydrogens is 424 g/mol. The van der Waals surface area contributed by atoms with Gasteiger partial charge in [-0.2, -0.15) is 15.5 Å². The van der Waals surface area contributed by atoms with Crippen molar-refractivity contribution < 1.29 is 8.78 Å². The van der Waals surface area contributed by atoms with Crippen LogP contribution in [-0.4, -0.2) is 25.4 Å². The maximum absolute atomic E-state index is 13.5. The molecule has 168 valence electrons. The van der Waals surface area contributed by atoms with Crippen LogP contribution in [0.15, 0.2) is 60.7 Å². The van der Waals surface area contributed by atoms with Crippen LogP contribution in [0.2, 0.25) is 0 Å². The Morgan fingerprint density at radius 1 is 0.909 bits per heavy atom. The number of aromatic nitrogens is 4. The minimum atomic E-state index is -0.258. The van der Waals surface area contributed by atoms with Crippen molar-refractivity contribution in [3.05, 3.63) is 106 Å². The number of nitriles is 1. The van der Waals surface area contributed by atoms with Crippen LogP contribution in [-0.2, 0) is 13.1 Å². The summed E-state index contributed by atoms with van der Waals surface area (Å²) in [6, 6.07) is 18.5. The van der Waals surface area contributed by atoms with E-state index in [9.17, 15) is 8.78 Å². The van der Waals surface area contributed by atoms with Crippen LogP contribution in [0.5, 0.6) is 0 Å². The predicted molar refractivity (Wildman–Crippen MR) is 121 cm³/mol. The largest absolute Gasteiger partial charge is 0.382 e. The van der Waals surface area contributed by atoms with Gasteiger partial charge >= 0.3 is 0 Å². The van der Waals surface area contributed by atoms with Gasteiger partial charge in [-0.05, 0) is 38.1 Å². The van der Waals surface area contributed by atoms with Crippen LogP contribution in [0.3, 0.4) is 0 Å². The summed E-state index contributed by atoms with van der Waals surface area (Å²) in [5.74, 6) is -0.594. The maximum atomic E-state index is 13.5. The quantitative estimate of drug-likeness (QED) is 0.357. The highest BCUT2D eigenvalue weighted by molar-refractivity contribution is 5.93. The fourth-order valence-corrected chi connectivity index (χ4v) is 3.10. The van der Waals surface area contributed by atoms with Gasteiger partial charge in [0, 0.05) is 22.5 Å². The zero-order valence-electron chi connectivity index (χ0n) is 18.3. The third kappa shape index (κ3) is 5.89. The van der Waals surface area contributed by atoms with Gasteiger partial charge in [-0.3, -0.25) is 14.8 Å². The molecule has 0 aliphatic rings. The van der Waals surface area contributed by atoms with Crippen molar-refractivity contribution in [1.82, 2.24) is 19.6 Å². The van der Waals surface area contributed by atoms with Gasteiger partial charge in [0.25, 0.3) is 0 Å². The van der Waals surface area contributed by atoms with E-state index in [0.29, 0.717) is 35.6 Å². The second-order valence-corrected chi connectivity index (χ2v) is 7.37. The first-order valence-corrected chi connectivity index (χ1v) is 10.1. The third-order valence-corrected chi connectivity index (χ3v) is 4.91. The smallest absolute Gasteiger partial charge is 0.162 e. The summed E-state index contributed by atoms with van der Waals surface area (Å²) in [5.41, 5.74) is 8.95. The molecule has 0 atom stereocenters. The van der Waals surface area contributed by atoms with E-state index in [2.05, 4.69) is 10.2 Å². The molecule has 0 aliphatic carbocycles. The van der Waals surface area contributed by atoms with Crippen molar-refractivity contribution in [3.63, 3.8) is 0 Å². The lowest BCUT2D eigenvalue weighted by Crippen LogP contribution is -2.13. The molecule has 2 heterocycles. The Kier molecular flexibility index (Phi) is 7.31. The number of nitrogens with zero attached hydrogens (tertiary/aromatic N) is 5. The Bertz CT molecular complexity index is 1310. The highest BCUT2D eigenvalue weighted by Gasteiger charge is 2.09. The molecule has 0 amide bonds. The average molecular weight is 447 g/mol. The first kappa shape index (κ1) is 23.3. The Morgan fingerprint density at radius 2 is 1.39 bits per heavy atom. The first-order valence-electron chi connectivity index (χ1n) is 10.1. The van der Waals surface area contributed by atoms with Crippen molar-refractivity contribution in [1.29, 1.82) is 10.7 Å². The number of hydrogen-bond acceptors (Lipinski definition) is 4. The molecule has 7 nitrogen and oxygen atoms in total. The van der Waals surface area contributed by atoms with E-state index in [1.165, 1.54) is 12.1 Å². The van der Waals surface area contributed by atoms with Gasteiger partial charge in [0.05, 0.1) is 13.1 Å². The molecule has 0 bridgehead atoms. The van der Waals surface area contributed by atoms with E-state index >= 15 is 0 Å². The SMILES string of the molecule is Cc1cc(C#N)nn1Cc1ccccc1F.Cc1cc(C(=N)N)nn1Cc1ccccc1F. The molecule has 0 spiro atoms. The van der Waals surface area contributed by atoms with E-state index < -0.39 is 0 Å². The van der Waals surface area contributed by atoms with Crippen molar-refractivity contribution in [2.75, 3.05) is 0 Å². The Balaban J connectivity index is 0.000000186. The van der Waals surface area contributed by atoms with Crippen LogP contribution in [0.1, 0.15) is 33.9 Å². The first-order chi connectivity index (χ1) is 15.8. The molecule has 9 heteroatoms. The van der Waals surface area contributed by atoms with Gasteiger partial charge in [0.1, 0.15) is 29.2 Å². The minimum Gasteiger partial charge on any atom is -0.382 e. The fraction of sp³-hybridized carbons (Fsp3) is 0.167.